The van der Waals surface area contributed by atoms with Gasteiger partial charge in [0, 0.05) is 48.4 Å². The van der Waals surface area contributed by atoms with Crippen LogP contribution in [-0.4, -0.2) is 64.8 Å². The second-order valence-corrected chi connectivity index (χ2v) is 7.84. The summed E-state index contributed by atoms with van der Waals surface area (Å²) in [5.41, 5.74) is 2.06. The molecule has 0 radical (unpaired) electrons. The number of hydrogen-bond donors (Lipinski definition) is 0. The van der Waals surface area contributed by atoms with Crippen LogP contribution in [0.4, 0.5) is 4.79 Å². The van der Waals surface area contributed by atoms with Crippen LogP contribution in [0.5, 0.6) is 0 Å². The van der Waals surface area contributed by atoms with Gasteiger partial charge in [0.2, 0.25) is 0 Å². The van der Waals surface area contributed by atoms with Gasteiger partial charge in [0.25, 0.3) is 0 Å². The van der Waals surface area contributed by atoms with Crippen molar-refractivity contribution in [3.63, 3.8) is 0 Å². The number of rotatable bonds is 9. The van der Waals surface area contributed by atoms with Gasteiger partial charge in [-0.05, 0) is 31.4 Å². The number of ether oxygens (including phenoxy) is 1. The van der Waals surface area contributed by atoms with Crippen molar-refractivity contribution in [3.8, 4) is 0 Å². The van der Waals surface area contributed by atoms with Gasteiger partial charge >= 0.3 is 17.8 Å². The molecular weight excluding hydrogens is 394 g/mol. The first-order valence-electron chi connectivity index (χ1n) is 9.23. The summed E-state index contributed by atoms with van der Waals surface area (Å²) in [5, 5.41) is 1.90. The number of urea groups is 1. The highest BCUT2D eigenvalue weighted by Crippen LogP contribution is 2.19. The Balaban J connectivity index is 1.71. The van der Waals surface area contributed by atoms with E-state index in [-0.39, 0.29) is 12.3 Å². The van der Waals surface area contributed by atoms with Gasteiger partial charge in [-0.1, -0.05) is 6.07 Å². The molecule has 3 rings (SSSR count). The van der Waals surface area contributed by atoms with Gasteiger partial charge in [-0.2, -0.15) is 0 Å². The first kappa shape index (κ1) is 20.9. The van der Waals surface area contributed by atoms with Crippen LogP contribution in [0.2, 0.25) is 0 Å². The van der Waals surface area contributed by atoms with E-state index in [0.29, 0.717) is 25.1 Å². The fourth-order valence-corrected chi connectivity index (χ4v) is 4.10. The molecule has 154 valence electrons. The Labute approximate surface area is 172 Å². The fourth-order valence-electron chi connectivity index (χ4n) is 3.40. The summed E-state index contributed by atoms with van der Waals surface area (Å²) in [6.07, 6.45) is 0.477. The van der Waals surface area contributed by atoms with E-state index in [1.54, 1.807) is 13.2 Å². The molecule has 0 atom stereocenters. The van der Waals surface area contributed by atoms with E-state index in [4.69, 9.17) is 4.74 Å². The van der Waals surface area contributed by atoms with Gasteiger partial charge < -0.3 is 9.30 Å². The number of nitrogens with zero attached hydrogens (tertiary/aromatic N) is 3. The van der Waals surface area contributed by atoms with Gasteiger partial charge in [-0.3, -0.25) is 19.3 Å². The van der Waals surface area contributed by atoms with E-state index in [9.17, 15) is 19.2 Å². The van der Waals surface area contributed by atoms with Gasteiger partial charge in [-0.15, -0.1) is 11.3 Å². The maximum Gasteiger partial charge on any atom is 0.334 e. The van der Waals surface area contributed by atoms with E-state index in [1.165, 1.54) is 11.3 Å². The minimum atomic E-state index is -0.956. The molecule has 0 spiro atoms. The number of thiophene rings is 1. The predicted molar refractivity (Wildman–Crippen MR) is 107 cm³/mol. The Morgan fingerprint density at radius 3 is 2.48 bits per heavy atom. The number of Topliss-reactive ketones (excluding diaryl/α,β-unsaturated/α-hetero) is 1. The topological polar surface area (TPSA) is 88.9 Å². The zero-order valence-electron chi connectivity index (χ0n) is 16.6. The molecule has 0 N–H and O–H groups in total. The molecule has 2 aromatic rings. The van der Waals surface area contributed by atoms with Crippen molar-refractivity contribution in [1.29, 1.82) is 0 Å². The minimum absolute atomic E-state index is 0.111. The summed E-state index contributed by atoms with van der Waals surface area (Å²) in [5.74, 6) is -2.22. The SMILES string of the molecule is COCCn1c(C)cc(C(=O)CN2C(=O)C(=O)N(CCc3cccs3)C2=O)c1C. The summed E-state index contributed by atoms with van der Waals surface area (Å²) < 4.78 is 7.04. The van der Waals surface area contributed by atoms with Crippen LogP contribution in [0.1, 0.15) is 26.6 Å². The predicted octanol–water partition coefficient (Wildman–Crippen LogP) is 2.03. The number of imide groups is 2. The van der Waals surface area contributed by atoms with Crippen molar-refractivity contribution >= 4 is 35.0 Å². The molecular formula is C20H23N3O5S. The van der Waals surface area contributed by atoms with Crippen LogP contribution < -0.4 is 0 Å². The number of aromatic nitrogens is 1. The number of ketones is 1. The van der Waals surface area contributed by atoms with E-state index in [1.807, 2.05) is 35.9 Å². The lowest BCUT2D eigenvalue weighted by molar-refractivity contribution is -0.143. The third-order valence-corrected chi connectivity index (χ3v) is 5.93. The van der Waals surface area contributed by atoms with Crippen molar-refractivity contribution in [2.45, 2.75) is 26.8 Å². The molecule has 29 heavy (non-hydrogen) atoms. The van der Waals surface area contributed by atoms with Crippen molar-refractivity contribution in [2.75, 3.05) is 26.8 Å². The van der Waals surface area contributed by atoms with Gasteiger partial charge in [0.1, 0.15) is 0 Å². The number of methoxy groups -OCH3 is 1. The fraction of sp³-hybridized carbons (Fsp3) is 0.400. The standard InChI is InChI=1S/C20H23N3O5S/c1-13-11-16(14(2)21(13)8-9-28-3)17(24)12-23-19(26)18(25)22(20(23)27)7-6-15-5-4-10-29-15/h4-5,10-11H,6-9,12H2,1-3H3. The van der Waals surface area contributed by atoms with Crippen LogP contribution in [0.25, 0.3) is 0 Å². The second-order valence-electron chi connectivity index (χ2n) is 6.81. The molecule has 0 saturated carbocycles. The van der Waals surface area contributed by atoms with Crippen LogP contribution in [0.3, 0.4) is 0 Å². The summed E-state index contributed by atoms with van der Waals surface area (Å²) >= 11 is 1.52. The Morgan fingerprint density at radius 2 is 1.83 bits per heavy atom. The van der Waals surface area contributed by atoms with Crippen LogP contribution in [-0.2, 0) is 27.3 Å². The first-order valence-corrected chi connectivity index (χ1v) is 10.1. The molecule has 1 fully saturated rings. The maximum atomic E-state index is 12.8. The highest BCUT2D eigenvalue weighted by molar-refractivity contribution is 7.09. The monoisotopic (exact) mass is 417 g/mol. The summed E-state index contributed by atoms with van der Waals surface area (Å²) in [4.78, 5) is 52.6. The Morgan fingerprint density at radius 1 is 1.10 bits per heavy atom. The number of carbonyl (C=O) groups excluding carboxylic acids is 4. The van der Waals surface area contributed by atoms with Gasteiger partial charge in [0.15, 0.2) is 5.78 Å². The molecule has 4 amide bonds. The average Bonchev–Trinajstić information content (AvgIpc) is 3.36. The smallest absolute Gasteiger partial charge is 0.334 e. The number of hydrogen-bond acceptors (Lipinski definition) is 6. The van der Waals surface area contributed by atoms with Crippen LogP contribution in [0.15, 0.2) is 23.6 Å². The maximum absolute atomic E-state index is 12.8. The molecule has 2 aromatic heterocycles. The third-order valence-electron chi connectivity index (χ3n) is 4.99. The highest BCUT2D eigenvalue weighted by Gasteiger charge is 2.45. The van der Waals surface area contributed by atoms with Crippen molar-refractivity contribution in [3.05, 3.63) is 45.4 Å². The quantitative estimate of drug-likeness (QED) is 0.354. The lowest BCUT2D eigenvalue weighted by Gasteiger charge is -2.15. The lowest BCUT2D eigenvalue weighted by Crippen LogP contribution is -2.37. The van der Waals surface area contributed by atoms with E-state index in [0.717, 1.165) is 26.1 Å². The second kappa shape index (κ2) is 8.71. The Hall–Kier alpha value is -2.78. The third kappa shape index (κ3) is 4.15. The summed E-state index contributed by atoms with van der Waals surface area (Å²) in [6.45, 7) is 4.44. The molecule has 1 aliphatic heterocycles. The normalized spacial score (nSPS) is 14.4. The zero-order chi connectivity index (χ0) is 21.1. The average molecular weight is 417 g/mol. The molecule has 1 aliphatic rings. The van der Waals surface area contributed by atoms with Crippen molar-refractivity contribution < 1.29 is 23.9 Å². The molecule has 0 bridgehead atoms. The molecule has 1 saturated heterocycles. The molecule has 9 heteroatoms. The van der Waals surface area contributed by atoms with E-state index >= 15 is 0 Å². The van der Waals surface area contributed by atoms with Crippen molar-refractivity contribution in [2.24, 2.45) is 0 Å². The molecule has 0 aromatic carbocycles. The summed E-state index contributed by atoms with van der Waals surface area (Å²) in [7, 11) is 1.60. The number of aryl methyl sites for hydroxylation is 1. The lowest BCUT2D eigenvalue weighted by atomic mass is 10.1. The Bertz CT molecular complexity index is 948. The van der Waals surface area contributed by atoms with E-state index < -0.39 is 24.4 Å². The number of carbonyl (C=O) groups is 4. The van der Waals surface area contributed by atoms with Crippen LogP contribution in [0, 0.1) is 13.8 Å². The molecule has 8 nitrogen and oxygen atoms in total. The largest absolute Gasteiger partial charge is 0.383 e. The Kier molecular flexibility index (Phi) is 6.29. The minimum Gasteiger partial charge on any atom is -0.383 e. The molecule has 0 aliphatic carbocycles. The summed E-state index contributed by atoms with van der Waals surface area (Å²) in [6, 6.07) is 4.78. The molecule has 3 heterocycles. The zero-order valence-corrected chi connectivity index (χ0v) is 17.5. The van der Waals surface area contributed by atoms with Gasteiger partial charge in [0.05, 0.1) is 13.2 Å². The molecule has 0 unspecified atom stereocenters. The van der Waals surface area contributed by atoms with Crippen molar-refractivity contribution in [1.82, 2.24) is 14.4 Å². The highest BCUT2D eigenvalue weighted by atomic mass is 32.1. The van der Waals surface area contributed by atoms with E-state index in [2.05, 4.69) is 0 Å². The van der Waals surface area contributed by atoms with Crippen LogP contribution >= 0.6 is 11.3 Å². The van der Waals surface area contributed by atoms with Gasteiger partial charge in [-0.25, -0.2) is 9.69 Å². The first-order chi connectivity index (χ1) is 13.8. The number of amides is 4.